The summed E-state index contributed by atoms with van der Waals surface area (Å²) < 4.78 is 0. The van der Waals surface area contributed by atoms with Gasteiger partial charge in [0.25, 0.3) is 0 Å². The number of hydrogen-bond acceptors (Lipinski definition) is 0. The summed E-state index contributed by atoms with van der Waals surface area (Å²) in [6.45, 7) is 0. The molecule has 0 bridgehead atoms. The van der Waals surface area contributed by atoms with Gasteiger partial charge in [0.2, 0.25) is 0 Å². The first-order chi connectivity index (χ1) is 0. The van der Waals surface area contributed by atoms with E-state index in [1.54, 1.807) is 0 Å². The van der Waals surface area contributed by atoms with E-state index >= 15 is 0 Å². The molecule has 0 aromatic carbocycles. The van der Waals surface area contributed by atoms with Crippen molar-refractivity contribution in [2.24, 2.45) is 0 Å². The zero-order valence-corrected chi connectivity index (χ0v) is 4.74. The molecule has 0 aliphatic rings. The van der Waals surface area contributed by atoms with Crippen LogP contribution >= 0.6 is 0 Å². The summed E-state index contributed by atoms with van der Waals surface area (Å²) in [7, 11) is 0. The molecule has 0 aliphatic heterocycles. The van der Waals surface area contributed by atoms with Gasteiger partial charge < -0.3 is 0 Å². The Morgan fingerprint density at radius 3 is 1.00 bits per heavy atom. The molecule has 0 aromatic rings. The fourth-order valence-electron chi connectivity index (χ4n) is 0. The van der Waals surface area contributed by atoms with E-state index in [0.717, 1.165) is 0 Å². The minimum absolute atomic E-state index is 0. The summed E-state index contributed by atoms with van der Waals surface area (Å²) in [5.41, 5.74) is 0. The van der Waals surface area contributed by atoms with Gasteiger partial charge in [-0.05, 0) is 11.0 Å². The van der Waals surface area contributed by atoms with E-state index in [4.69, 9.17) is 0 Å². The minimum atomic E-state index is 0. The predicted molar refractivity (Wildman–Crippen MR) is 41.2 cm³/mol. The van der Waals surface area contributed by atoms with Crippen LogP contribution in [-0.4, -0.2) is 69.8 Å². The summed E-state index contributed by atoms with van der Waals surface area (Å²) in [6, 6.07) is 0. The first-order valence-electron chi connectivity index (χ1n) is 0. The van der Waals surface area contributed by atoms with Gasteiger partial charge in [-0.25, -0.2) is 0 Å². The van der Waals surface area contributed by atoms with Crippen LogP contribution < -0.4 is 0 Å². The van der Waals surface area contributed by atoms with Gasteiger partial charge in [0, 0.05) is 0 Å². The third-order valence-corrected chi connectivity index (χ3v) is 0. The molecule has 0 saturated carbocycles. The van der Waals surface area contributed by atoms with Crippen molar-refractivity contribution in [2.75, 3.05) is 0 Å². The Hall–Kier alpha value is 2.09. The third kappa shape index (κ3) is 8.94. The first-order valence-corrected chi connectivity index (χ1v) is 0. The molecular weight excluding hydrogens is 246 g/mol. The van der Waals surface area contributed by atoms with Crippen molar-refractivity contribution in [3.05, 3.63) is 0 Å². The van der Waals surface area contributed by atoms with Crippen LogP contribution in [0.1, 0.15) is 0 Å². The van der Waals surface area contributed by atoms with Crippen LogP contribution in [0.5, 0.6) is 0 Å². The molecular formula is H13AlGeSiSn. The van der Waals surface area contributed by atoms with Crippen molar-refractivity contribution in [3.63, 3.8) is 0 Å². The molecule has 0 amide bonds. The van der Waals surface area contributed by atoms with Gasteiger partial charge in [0.15, 0.2) is 17.4 Å². The fraction of sp³-hybridized carbons (Fsp3) is 0. The zero-order chi connectivity index (χ0) is 0. The molecule has 0 heterocycles. The van der Waals surface area contributed by atoms with Gasteiger partial charge in [-0.3, -0.25) is 0 Å². The molecule has 4 heavy (non-hydrogen) atoms. The molecule has 0 atom stereocenters. The van der Waals surface area contributed by atoms with Gasteiger partial charge in [0.1, 0.15) is 0 Å². The van der Waals surface area contributed by atoms with Crippen LogP contribution in [0.15, 0.2) is 0 Å². The van der Waals surface area contributed by atoms with E-state index in [-0.39, 0.29) is 69.8 Å². The Morgan fingerprint density at radius 1 is 1.00 bits per heavy atom. The fourth-order valence-corrected chi connectivity index (χ4v) is 0. The molecule has 0 N–H and O–H groups in total. The van der Waals surface area contributed by atoms with Crippen molar-refractivity contribution in [2.45, 2.75) is 0 Å². The molecule has 4 heteroatoms. The molecule has 2 radical (unpaired) electrons. The molecule has 28 valence electrons. The normalized spacial score (nSPS) is 0. The van der Waals surface area contributed by atoms with Crippen LogP contribution in [0.25, 0.3) is 0 Å². The van der Waals surface area contributed by atoms with Gasteiger partial charge in [-0.2, -0.15) is 0 Å². The van der Waals surface area contributed by atoms with Gasteiger partial charge in [-0.1, -0.05) is 0 Å². The predicted octanol–water partition coefficient (Wildman–Crippen LogP) is -5.00. The maximum atomic E-state index is 0. The Labute approximate surface area is 69.2 Å². The van der Waals surface area contributed by atoms with E-state index in [1.807, 2.05) is 0 Å². The van der Waals surface area contributed by atoms with Crippen molar-refractivity contribution in [3.8, 4) is 0 Å². The van der Waals surface area contributed by atoms with Crippen LogP contribution in [-0.2, 0) is 0 Å². The Bertz CT molecular complexity index is 8.00. The molecule has 0 nitrogen and oxygen atoms in total. The van der Waals surface area contributed by atoms with Crippen LogP contribution in [0.3, 0.4) is 0 Å². The maximum absolute atomic E-state index is 0. The molecule has 0 unspecified atom stereocenters. The van der Waals surface area contributed by atoms with Crippen molar-refractivity contribution >= 4 is 69.8 Å². The van der Waals surface area contributed by atoms with E-state index in [0.29, 0.717) is 0 Å². The van der Waals surface area contributed by atoms with E-state index in [2.05, 4.69) is 0 Å². The summed E-state index contributed by atoms with van der Waals surface area (Å²) in [6.07, 6.45) is 0. The summed E-state index contributed by atoms with van der Waals surface area (Å²) in [5.74, 6) is 0. The van der Waals surface area contributed by atoms with Crippen molar-refractivity contribution in [1.29, 1.82) is 0 Å². The Kier molecular flexibility index (Phi) is 176. The summed E-state index contributed by atoms with van der Waals surface area (Å²) in [4.78, 5) is 0. The van der Waals surface area contributed by atoms with Crippen molar-refractivity contribution < 1.29 is 0 Å². The van der Waals surface area contributed by atoms with E-state index < -0.39 is 0 Å². The zero-order valence-electron chi connectivity index (χ0n) is 0.707. The standard InChI is InChI=1S/Al.GeH4.H4Si.Sn.5H/h;2*1H4;;;;;;. The monoisotopic (exact) mass is 262 g/mol. The average molecular weight is 259 g/mol. The topological polar surface area (TPSA) is 0 Å². The first kappa shape index (κ1) is 36.1. The van der Waals surface area contributed by atoms with Crippen molar-refractivity contribution in [1.82, 2.24) is 0 Å². The van der Waals surface area contributed by atoms with Gasteiger partial charge >= 0.3 is 41.5 Å². The average Bonchev–Trinajstić information content (AvgIpc) is 0. The molecule has 0 aliphatic carbocycles. The Balaban J connectivity index is 0. The summed E-state index contributed by atoms with van der Waals surface area (Å²) >= 11 is 0. The van der Waals surface area contributed by atoms with Crippen LogP contribution in [0, 0.1) is 0 Å². The van der Waals surface area contributed by atoms with Crippen LogP contribution in [0.4, 0.5) is 0 Å². The quantitative estimate of drug-likeness (QED) is 0.382. The second-order valence-electron chi connectivity index (χ2n) is 0. The molecule has 0 rings (SSSR count). The van der Waals surface area contributed by atoms with Crippen LogP contribution in [0.2, 0.25) is 0 Å². The second kappa shape index (κ2) is 19.5. The molecule has 0 saturated heterocycles. The SMILES string of the molecule is [AlH3].[GeH4].[SiH4].[SnH2]. The number of hydrogen-bond donors (Lipinski definition) is 0. The Morgan fingerprint density at radius 2 is 1.00 bits per heavy atom. The molecule has 0 aromatic heterocycles. The number of rotatable bonds is 0. The van der Waals surface area contributed by atoms with E-state index in [9.17, 15) is 0 Å². The molecule has 0 spiro atoms. The second-order valence-corrected chi connectivity index (χ2v) is 0. The van der Waals surface area contributed by atoms with E-state index in [1.165, 1.54) is 0 Å². The van der Waals surface area contributed by atoms with Gasteiger partial charge in [-0.15, -0.1) is 0 Å². The summed E-state index contributed by atoms with van der Waals surface area (Å²) in [5, 5.41) is 0. The molecule has 0 fully saturated rings. The third-order valence-electron chi connectivity index (χ3n) is 0. The van der Waals surface area contributed by atoms with Gasteiger partial charge in [0.05, 0.1) is 0 Å².